The molecule has 0 N–H and O–H groups in total. The van der Waals surface area contributed by atoms with Crippen LogP contribution in [0.5, 0.6) is 0 Å². The molecule has 0 aromatic rings. The van der Waals surface area contributed by atoms with Gasteiger partial charge in [0.05, 0.1) is 6.07 Å². The molecule has 0 aromatic heterocycles. The van der Waals surface area contributed by atoms with E-state index in [1.54, 1.807) is 0 Å². The lowest BCUT2D eigenvalue weighted by Crippen LogP contribution is -2.24. The first-order valence-electron chi connectivity index (χ1n) is 11.5. The Bertz CT molecular complexity index is 405. The van der Waals surface area contributed by atoms with Gasteiger partial charge in [-0.1, -0.05) is 91.4 Å². The Morgan fingerprint density at radius 1 is 0.962 bits per heavy atom. The minimum absolute atomic E-state index is 0.718. The van der Waals surface area contributed by atoms with Crippen LogP contribution in [0.2, 0.25) is 0 Å². The number of nitriles is 1. The average molecular weight is 362 g/mol. The van der Waals surface area contributed by atoms with Crippen LogP contribution in [0.4, 0.5) is 0 Å². The molecule has 0 spiro atoms. The third-order valence-electron chi connectivity index (χ3n) is 6.81. The van der Waals surface area contributed by atoms with Crippen molar-refractivity contribution in [2.75, 3.05) is 0 Å². The zero-order valence-corrected chi connectivity index (χ0v) is 17.8. The average Bonchev–Trinajstić information content (AvgIpc) is 2.68. The summed E-state index contributed by atoms with van der Waals surface area (Å²) >= 11 is 0. The van der Waals surface area contributed by atoms with Crippen molar-refractivity contribution in [3.8, 4) is 6.07 Å². The quantitative estimate of drug-likeness (QED) is 0.301. The minimum atomic E-state index is -0.718. The smallest absolute Gasteiger partial charge is 0.140 e. The molecule has 1 saturated carbocycles. The molecular weight excluding hydrogens is 318 g/mol. The predicted molar refractivity (Wildman–Crippen MR) is 111 cm³/mol. The molecule has 26 heavy (non-hydrogen) atoms. The molecule has 1 aliphatic rings. The Balaban J connectivity index is 2.54. The lowest BCUT2D eigenvalue weighted by molar-refractivity contribution is -0.114. The minimum Gasteiger partial charge on any atom is -0.302 e. The Labute approximate surface area is 163 Å². The van der Waals surface area contributed by atoms with Crippen LogP contribution >= 0.6 is 0 Å². The van der Waals surface area contributed by atoms with Crippen LogP contribution in [0, 0.1) is 34.5 Å². The van der Waals surface area contributed by atoms with Gasteiger partial charge in [0, 0.05) is 0 Å². The highest BCUT2D eigenvalue weighted by Crippen LogP contribution is 2.40. The van der Waals surface area contributed by atoms with Crippen molar-refractivity contribution in [1.82, 2.24) is 0 Å². The van der Waals surface area contributed by atoms with E-state index in [4.69, 9.17) is 0 Å². The molecule has 2 unspecified atom stereocenters. The number of rotatable bonds is 14. The van der Waals surface area contributed by atoms with E-state index in [2.05, 4.69) is 26.8 Å². The third kappa shape index (κ3) is 7.81. The van der Waals surface area contributed by atoms with Crippen LogP contribution in [0.3, 0.4) is 0 Å². The Morgan fingerprint density at radius 2 is 1.58 bits per heavy atom. The predicted octanol–water partition coefficient (Wildman–Crippen LogP) is 7.47. The molecule has 0 amide bonds. The van der Waals surface area contributed by atoms with Crippen molar-refractivity contribution in [3.63, 3.8) is 0 Å². The van der Waals surface area contributed by atoms with Gasteiger partial charge in [0.25, 0.3) is 0 Å². The number of carbonyl (C=O) groups excluding carboxylic acids is 1. The van der Waals surface area contributed by atoms with Crippen molar-refractivity contribution in [1.29, 1.82) is 5.26 Å². The second-order valence-corrected chi connectivity index (χ2v) is 8.85. The summed E-state index contributed by atoms with van der Waals surface area (Å²) in [7, 11) is 0. The van der Waals surface area contributed by atoms with Gasteiger partial charge in [-0.05, 0) is 43.4 Å². The molecular formula is C24H43NO. The van der Waals surface area contributed by atoms with Gasteiger partial charge in [0.15, 0.2) is 0 Å². The third-order valence-corrected chi connectivity index (χ3v) is 6.81. The monoisotopic (exact) mass is 361 g/mol. The Hall–Kier alpha value is -0.840. The van der Waals surface area contributed by atoms with Gasteiger partial charge in [-0.15, -0.1) is 0 Å². The summed E-state index contributed by atoms with van der Waals surface area (Å²) in [5.41, 5.74) is -0.718. The van der Waals surface area contributed by atoms with E-state index in [9.17, 15) is 10.1 Å². The van der Waals surface area contributed by atoms with Crippen LogP contribution < -0.4 is 0 Å². The number of carbonyl (C=O) groups is 1. The van der Waals surface area contributed by atoms with E-state index in [-0.39, 0.29) is 0 Å². The number of nitrogens with zero attached hydrogens (tertiary/aromatic N) is 1. The van der Waals surface area contributed by atoms with Crippen LogP contribution in [-0.4, -0.2) is 6.29 Å². The topological polar surface area (TPSA) is 40.9 Å². The summed E-state index contributed by atoms with van der Waals surface area (Å²) in [5, 5.41) is 9.56. The summed E-state index contributed by atoms with van der Waals surface area (Å²) in [4.78, 5) is 11.6. The maximum absolute atomic E-state index is 11.6. The van der Waals surface area contributed by atoms with E-state index in [1.165, 1.54) is 64.2 Å². The van der Waals surface area contributed by atoms with E-state index in [0.29, 0.717) is 0 Å². The van der Waals surface area contributed by atoms with E-state index >= 15 is 0 Å². The summed E-state index contributed by atoms with van der Waals surface area (Å²) in [5.74, 6) is 2.67. The Kier molecular flexibility index (Phi) is 11.9. The standard InChI is InChI=1S/C24H43NO/c1-4-7-11-22(23-15-13-21(10-6-3)14-16-23)12-9-18-24(19-25,20-26)17-8-5-2/h20-23H,4-18H2,1-3H3. The van der Waals surface area contributed by atoms with Crippen LogP contribution in [0.15, 0.2) is 0 Å². The first-order chi connectivity index (χ1) is 12.6. The molecule has 0 saturated heterocycles. The zero-order valence-electron chi connectivity index (χ0n) is 17.8. The van der Waals surface area contributed by atoms with Gasteiger partial charge < -0.3 is 4.79 Å². The fraction of sp³-hybridized carbons (Fsp3) is 0.917. The van der Waals surface area contributed by atoms with Gasteiger partial charge in [-0.2, -0.15) is 5.26 Å². The van der Waals surface area contributed by atoms with E-state index in [0.717, 1.165) is 56.1 Å². The van der Waals surface area contributed by atoms with Gasteiger partial charge in [0.2, 0.25) is 0 Å². The molecule has 1 rings (SSSR count). The summed E-state index contributed by atoms with van der Waals surface area (Å²) in [6.45, 7) is 6.72. The van der Waals surface area contributed by atoms with Crippen molar-refractivity contribution in [3.05, 3.63) is 0 Å². The van der Waals surface area contributed by atoms with Crippen LogP contribution in [0.25, 0.3) is 0 Å². The SMILES string of the molecule is CCCCC(CCCC(C#N)(C=O)CCCC)C1CCC(CCC)CC1. The number of unbranched alkanes of at least 4 members (excludes halogenated alkanes) is 2. The second-order valence-electron chi connectivity index (χ2n) is 8.85. The molecule has 0 heterocycles. The van der Waals surface area contributed by atoms with Crippen LogP contribution in [-0.2, 0) is 4.79 Å². The van der Waals surface area contributed by atoms with Gasteiger partial charge in [0.1, 0.15) is 11.7 Å². The lowest BCUT2D eigenvalue weighted by atomic mass is 9.71. The van der Waals surface area contributed by atoms with Crippen molar-refractivity contribution in [2.45, 2.75) is 117 Å². The number of aldehydes is 1. The molecule has 0 aromatic carbocycles. The van der Waals surface area contributed by atoms with Gasteiger partial charge in [-0.3, -0.25) is 0 Å². The maximum atomic E-state index is 11.6. The highest BCUT2D eigenvalue weighted by Gasteiger charge is 2.31. The summed E-state index contributed by atoms with van der Waals surface area (Å²) in [6, 6.07) is 2.35. The van der Waals surface area contributed by atoms with Crippen molar-refractivity contribution >= 4 is 6.29 Å². The van der Waals surface area contributed by atoms with Crippen molar-refractivity contribution in [2.24, 2.45) is 23.2 Å². The maximum Gasteiger partial charge on any atom is 0.140 e. The molecule has 150 valence electrons. The molecule has 2 nitrogen and oxygen atoms in total. The zero-order chi connectivity index (χ0) is 19.3. The van der Waals surface area contributed by atoms with Crippen LogP contribution in [0.1, 0.15) is 117 Å². The second kappa shape index (κ2) is 13.3. The largest absolute Gasteiger partial charge is 0.302 e. The molecule has 2 atom stereocenters. The summed E-state index contributed by atoms with van der Waals surface area (Å²) in [6.07, 6.45) is 19.1. The first kappa shape index (κ1) is 23.2. The lowest BCUT2D eigenvalue weighted by Gasteiger charge is -2.34. The molecule has 0 aliphatic heterocycles. The first-order valence-corrected chi connectivity index (χ1v) is 11.5. The number of hydrogen-bond donors (Lipinski definition) is 0. The highest BCUT2D eigenvalue weighted by molar-refractivity contribution is 5.63. The molecule has 0 bridgehead atoms. The van der Waals surface area contributed by atoms with E-state index in [1.807, 2.05) is 0 Å². The molecule has 1 fully saturated rings. The molecule has 0 radical (unpaired) electrons. The fourth-order valence-electron chi connectivity index (χ4n) is 4.99. The normalized spacial score (nSPS) is 23.8. The van der Waals surface area contributed by atoms with Gasteiger partial charge in [-0.25, -0.2) is 0 Å². The highest BCUT2D eigenvalue weighted by atomic mass is 16.1. The summed E-state index contributed by atoms with van der Waals surface area (Å²) < 4.78 is 0. The molecule has 2 heteroatoms. The van der Waals surface area contributed by atoms with Gasteiger partial charge >= 0.3 is 0 Å². The fourth-order valence-corrected chi connectivity index (χ4v) is 4.99. The number of hydrogen-bond acceptors (Lipinski definition) is 2. The van der Waals surface area contributed by atoms with Crippen molar-refractivity contribution < 1.29 is 4.79 Å². The molecule has 1 aliphatic carbocycles. The Morgan fingerprint density at radius 3 is 2.12 bits per heavy atom. The van der Waals surface area contributed by atoms with E-state index < -0.39 is 5.41 Å².